The van der Waals surface area contributed by atoms with Crippen molar-refractivity contribution in [2.24, 2.45) is 0 Å². The molecule has 0 spiro atoms. The predicted molar refractivity (Wildman–Crippen MR) is 65.0 cm³/mol. The van der Waals surface area contributed by atoms with Crippen molar-refractivity contribution in [3.05, 3.63) is 35.6 Å². The second-order valence-corrected chi connectivity index (χ2v) is 4.11. The minimum absolute atomic E-state index is 0.218. The van der Waals surface area contributed by atoms with Crippen LogP contribution in [0.15, 0.2) is 28.7 Å². The number of nitrogens with one attached hydrogen (secondary N) is 1. The first-order chi connectivity index (χ1) is 8.09. The molecule has 90 valence electrons. The van der Waals surface area contributed by atoms with Crippen molar-refractivity contribution in [1.29, 1.82) is 0 Å². The highest BCUT2D eigenvalue weighted by molar-refractivity contribution is 5.98. The van der Waals surface area contributed by atoms with Gasteiger partial charge in [-0.1, -0.05) is 18.2 Å². The first kappa shape index (κ1) is 11.7. The Labute approximate surface area is 99.2 Å². The molecule has 1 atom stereocenters. The van der Waals surface area contributed by atoms with Crippen molar-refractivity contribution >= 4 is 16.9 Å². The fourth-order valence-electron chi connectivity index (χ4n) is 1.71. The molecule has 0 aliphatic carbocycles. The number of carbonyl (C=O) groups excluding carboxylic acids is 1. The maximum atomic E-state index is 11.8. The topological polar surface area (TPSA) is 62.5 Å². The Balaban J connectivity index is 2.29. The van der Waals surface area contributed by atoms with Crippen LogP contribution in [0.5, 0.6) is 0 Å². The van der Waals surface area contributed by atoms with Gasteiger partial charge in [0.15, 0.2) is 5.76 Å². The Morgan fingerprint density at radius 2 is 2.18 bits per heavy atom. The zero-order valence-corrected chi connectivity index (χ0v) is 9.86. The van der Waals surface area contributed by atoms with Crippen LogP contribution in [-0.4, -0.2) is 23.7 Å². The van der Waals surface area contributed by atoms with Gasteiger partial charge >= 0.3 is 0 Å². The molecule has 4 heteroatoms. The predicted octanol–water partition coefficient (Wildman–Crippen LogP) is 1.85. The maximum absolute atomic E-state index is 11.8. The number of furan rings is 1. The maximum Gasteiger partial charge on any atom is 0.287 e. The minimum Gasteiger partial charge on any atom is -0.451 e. The summed E-state index contributed by atoms with van der Waals surface area (Å²) in [6, 6.07) is 7.51. The van der Waals surface area contributed by atoms with Crippen molar-refractivity contribution in [2.75, 3.05) is 6.54 Å². The molecule has 1 aromatic heterocycles. The lowest BCUT2D eigenvalue weighted by atomic mass is 10.1. The summed E-state index contributed by atoms with van der Waals surface area (Å²) in [6.45, 7) is 3.68. The van der Waals surface area contributed by atoms with E-state index in [0.717, 1.165) is 10.9 Å². The Morgan fingerprint density at radius 1 is 1.47 bits per heavy atom. The number of hydrogen-bond donors (Lipinski definition) is 2. The summed E-state index contributed by atoms with van der Waals surface area (Å²) in [7, 11) is 0. The molecule has 0 radical (unpaired) electrons. The van der Waals surface area contributed by atoms with Gasteiger partial charge in [0, 0.05) is 17.5 Å². The summed E-state index contributed by atoms with van der Waals surface area (Å²) in [5.74, 6) is 0.0199. The quantitative estimate of drug-likeness (QED) is 0.850. The summed E-state index contributed by atoms with van der Waals surface area (Å²) >= 11 is 0. The van der Waals surface area contributed by atoms with E-state index in [0.29, 0.717) is 11.3 Å². The van der Waals surface area contributed by atoms with Crippen LogP contribution < -0.4 is 5.32 Å². The van der Waals surface area contributed by atoms with Crippen molar-refractivity contribution < 1.29 is 14.3 Å². The van der Waals surface area contributed by atoms with Crippen LogP contribution in [0, 0.1) is 6.92 Å². The van der Waals surface area contributed by atoms with Crippen molar-refractivity contribution in [2.45, 2.75) is 20.0 Å². The SMILES string of the molecule is Cc1c(C(=O)NC[C@H](C)O)oc2ccccc12. The van der Waals surface area contributed by atoms with E-state index in [4.69, 9.17) is 9.52 Å². The van der Waals surface area contributed by atoms with Crippen LogP contribution in [0.3, 0.4) is 0 Å². The zero-order valence-electron chi connectivity index (χ0n) is 9.86. The van der Waals surface area contributed by atoms with Crippen molar-refractivity contribution in [3.8, 4) is 0 Å². The van der Waals surface area contributed by atoms with Crippen LogP contribution in [0.4, 0.5) is 0 Å². The Hall–Kier alpha value is -1.81. The third-order valence-corrected chi connectivity index (χ3v) is 2.61. The summed E-state index contributed by atoms with van der Waals surface area (Å²) < 4.78 is 5.50. The highest BCUT2D eigenvalue weighted by Gasteiger charge is 2.17. The fraction of sp³-hybridized carbons (Fsp3) is 0.308. The minimum atomic E-state index is -0.566. The number of aryl methyl sites for hydroxylation is 1. The van der Waals surface area contributed by atoms with Crippen molar-refractivity contribution in [3.63, 3.8) is 0 Å². The summed E-state index contributed by atoms with van der Waals surface area (Å²) in [5.41, 5.74) is 1.52. The molecule has 0 bridgehead atoms. The lowest BCUT2D eigenvalue weighted by molar-refractivity contribution is 0.0898. The normalized spacial score (nSPS) is 12.6. The number of amides is 1. The largest absolute Gasteiger partial charge is 0.451 e. The smallest absolute Gasteiger partial charge is 0.287 e. The van der Waals surface area contributed by atoms with Crippen LogP contribution in [0.25, 0.3) is 11.0 Å². The zero-order chi connectivity index (χ0) is 12.4. The molecule has 1 amide bonds. The number of carbonyl (C=O) groups is 1. The van der Waals surface area contributed by atoms with E-state index < -0.39 is 6.10 Å². The van der Waals surface area contributed by atoms with Gasteiger partial charge in [0.1, 0.15) is 5.58 Å². The van der Waals surface area contributed by atoms with Gasteiger partial charge in [0.05, 0.1) is 6.10 Å². The molecule has 2 rings (SSSR count). The average molecular weight is 233 g/mol. The molecule has 1 aromatic carbocycles. The second-order valence-electron chi connectivity index (χ2n) is 4.11. The van der Waals surface area contributed by atoms with Gasteiger partial charge in [0.25, 0.3) is 5.91 Å². The van der Waals surface area contributed by atoms with Gasteiger partial charge in [-0.25, -0.2) is 0 Å². The number of para-hydroxylation sites is 1. The van der Waals surface area contributed by atoms with Crippen molar-refractivity contribution in [1.82, 2.24) is 5.32 Å². The average Bonchev–Trinajstić information content (AvgIpc) is 2.64. The third kappa shape index (κ3) is 2.31. The molecule has 0 saturated heterocycles. The van der Waals surface area contributed by atoms with E-state index in [-0.39, 0.29) is 12.5 Å². The highest BCUT2D eigenvalue weighted by atomic mass is 16.3. The molecule has 0 saturated carbocycles. The molecule has 0 unspecified atom stereocenters. The molecule has 0 fully saturated rings. The molecule has 2 N–H and O–H groups in total. The van der Waals surface area contributed by atoms with E-state index in [1.165, 1.54) is 0 Å². The number of aliphatic hydroxyl groups is 1. The Kier molecular flexibility index (Phi) is 3.15. The van der Waals surface area contributed by atoms with Gasteiger partial charge < -0.3 is 14.8 Å². The van der Waals surface area contributed by atoms with Gasteiger partial charge in [-0.2, -0.15) is 0 Å². The Bertz CT molecular complexity index is 543. The molecule has 0 aliphatic rings. The highest BCUT2D eigenvalue weighted by Crippen LogP contribution is 2.24. The fourth-order valence-corrected chi connectivity index (χ4v) is 1.71. The number of hydrogen-bond acceptors (Lipinski definition) is 3. The van der Waals surface area contributed by atoms with Gasteiger partial charge in [-0.15, -0.1) is 0 Å². The number of benzene rings is 1. The lowest BCUT2D eigenvalue weighted by Gasteiger charge is -2.05. The lowest BCUT2D eigenvalue weighted by Crippen LogP contribution is -2.30. The molecule has 0 aliphatic heterocycles. The summed E-state index contributed by atoms with van der Waals surface area (Å²) in [4.78, 5) is 11.8. The standard InChI is InChI=1S/C13H15NO3/c1-8(15)7-14-13(16)12-9(2)10-5-3-4-6-11(10)17-12/h3-6,8,15H,7H2,1-2H3,(H,14,16)/t8-/m0/s1. The summed E-state index contributed by atoms with van der Waals surface area (Å²) in [5, 5.41) is 12.7. The van der Waals surface area contributed by atoms with Gasteiger partial charge in [-0.3, -0.25) is 4.79 Å². The van der Waals surface area contributed by atoms with Crippen LogP contribution in [-0.2, 0) is 0 Å². The van der Waals surface area contributed by atoms with E-state index in [1.807, 2.05) is 31.2 Å². The molecule has 4 nitrogen and oxygen atoms in total. The van der Waals surface area contributed by atoms with Gasteiger partial charge in [-0.05, 0) is 19.9 Å². The third-order valence-electron chi connectivity index (χ3n) is 2.61. The molecule has 2 aromatic rings. The van der Waals surface area contributed by atoms with E-state index in [1.54, 1.807) is 6.92 Å². The molecular formula is C13H15NO3. The van der Waals surface area contributed by atoms with Gasteiger partial charge in [0.2, 0.25) is 0 Å². The second kappa shape index (κ2) is 4.59. The Morgan fingerprint density at radius 3 is 2.82 bits per heavy atom. The van der Waals surface area contributed by atoms with E-state index in [2.05, 4.69) is 5.32 Å². The van der Waals surface area contributed by atoms with Crippen LogP contribution in [0.2, 0.25) is 0 Å². The first-order valence-electron chi connectivity index (χ1n) is 5.54. The molecule has 1 heterocycles. The monoisotopic (exact) mass is 233 g/mol. The number of fused-ring (bicyclic) bond motifs is 1. The molecule has 17 heavy (non-hydrogen) atoms. The van der Waals surface area contributed by atoms with E-state index in [9.17, 15) is 4.79 Å². The summed E-state index contributed by atoms with van der Waals surface area (Å²) in [6.07, 6.45) is -0.566. The van der Waals surface area contributed by atoms with E-state index >= 15 is 0 Å². The van der Waals surface area contributed by atoms with Crippen LogP contribution >= 0.6 is 0 Å². The molecular weight excluding hydrogens is 218 g/mol. The first-order valence-corrected chi connectivity index (χ1v) is 5.54. The number of rotatable bonds is 3. The van der Waals surface area contributed by atoms with Crippen LogP contribution in [0.1, 0.15) is 23.0 Å². The number of aliphatic hydroxyl groups excluding tert-OH is 1.